The van der Waals surface area contributed by atoms with Crippen LogP contribution in [0.25, 0.3) is 0 Å². The van der Waals surface area contributed by atoms with Gasteiger partial charge < -0.3 is 0 Å². The molecular weight excluding hydrogens is 203 g/mol. The zero-order valence-corrected chi connectivity index (χ0v) is 8.59. The Morgan fingerprint density at radius 1 is 1.38 bits per heavy atom. The molecule has 0 atom stereocenters. The van der Waals surface area contributed by atoms with Crippen molar-refractivity contribution in [2.24, 2.45) is 0 Å². The van der Waals surface area contributed by atoms with Crippen LogP contribution in [0.2, 0.25) is 9.88 Å². The van der Waals surface area contributed by atoms with Gasteiger partial charge in [-0.05, 0) is 0 Å². The first kappa shape index (κ1) is 6.40. The molecule has 0 aromatic carbocycles. The zero-order chi connectivity index (χ0) is 6.20. The van der Waals surface area contributed by atoms with Crippen LogP contribution in [-0.4, -0.2) is 18.4 Å². The van der Waals surface area contributed by atoms with Crippen LogP contribution in [0.5, 0.6) is 0 Å². The molecule has 8 heavy (non-hydrogen) atoms. The van der Waals surface area contributed by atoms with Crippen LogP contribution in [0.4, 0.5) is 0 Å². The topological polar surface area (TPSA) is 0 Å². The first-order chi connectivity index (χ1) is 3.63. The van der Waals surface area contributed by atoms with E-state index < -0.39 is 18.4 Å². The molecule has 0 fully saturated rings. The summed E-state index contributed by atoms with van der Waals surface area (Å²) in [5.74, 6) is 0. The molecule has 0 radical (unpaired) electrons. The van der Waals surface area contributed by atoms with E-state index in [2.05, 4.69) is 33.0 Å². The van der Waals surface area contributed by atoms with Crippen LogP contribution in [0.1, 0.15) is 6.92 Å². The van der Waals surface area contributed by atoms with Crippen LogP contribution in [-0.2, 0) is 0 Å². The molecule has 0 bridgehead atoms. The van der Waals surface area contributed by atoms with Gasteiger partial charge in [0.2, 0.25) is 0 Å². The van der Waals surface area contributed by atoms with E-state index in [1.165, 1.54) is 0 Å². The maximum atomic E-state index is 2.43. The fraction of sp³-hybridized carbons (Fsp3) is 0.429. The summed E-state index contributed by atoms with van der Waals surface area (Å²) in [6.45, 7) is 2.26. The molecule has 0 nitrogen and oxygen atoms in total. The van der Waals surface area contributed by atoms with Gasteiger partial charge in [0.25, 0.3) is 0 Å². The third-order valence-corrected chi connectivity index (χ3v) is 11.1. The third-order valence-electron chi connectivity index (χ3n) is 1.88. The summed E-state index contributed by atoms with van der Waals surface area (Å²) in [6.07, 6.45) is 4.47. The molecule has 0 aliphatic carbocycles. The van der Waals surface area contributed by atoms with Gasteiger partial charge in [0.05, 0.1) is 0 Å². The number of hydrogen-bond donors (Lipinski definition) is 0. The minimum atomic E-state index is -1.63. The maximum absolute atomic E-state index is 2.43. The van der Waals surface area contributed by atoms with Gasteiger partial charge in [0.15, 0.2) is 0 Å². The Morgan fingerprint density at radius 3 is 2.12 bits per heavy atom. The van der Waals surface area contributed by atoms with Crippen molar-refractivity contribution in [1.82, 2.24) is 0 Å². The summed E-state index contributed by atoms with van der Waals surface area (Å²) >= 11 is -1.63. The van der Waals surface area contributed by atoms with Gasteiger partial charge in [-0.3, -0.25) is 0 Å². The molecule has 0 spiro atoms. The van der Waals surface area contributed by atoms with Crippen molar-refractivity contribution in [3.8, 4) is 0 Å². The molecule has 1 rings (SSSR count). The van der Waals surface area contributed by atoms with E-state index in [9.17, 15) is 0 Å². The summed E-state index contributed by atoms with van der Waals surface area (Å²) in [5, 5.41) is 0. The Morgan fingerprint density at radius 2 is 2.00 bits per heavy atom. The van der Waals surface area contributed by atoms with Crippen molar-refractivity contribution in [2.75, 3.05) is 0 Å². The fourth-order valence-electron chi connectivity index (χ4n) is 0.779. The number of allylic oxidation sites excluding steroid dienone is 3. The second-order valence-corrected chi connectivity index (χ2v) is 16.0. The van der Waals surface area contributed by atoms with Gasteiger partial charge in [-0.2, -0.15) is 0 Å². The number of hydrogen-bond acceptors (Lipinski definition) is 0. The molecule has 1 heteroatoms. The van der Waals surface area contributed by atoms with Gasteiger partial charge in [-0.25, -0.2) is 0 Å². The van der Waals surface area contributed by atoms with E-state index >= 15 is 0 Å². The molecule has 0 saturated heterocycles. The molecule has 1 aliphatic rings. The molecular formula is C7H12Sn. The summed E-state index contributed by atoms with van der Waals surface area (Å²) in [5.41, 5.74) is 0. The Bertz CT molecular complexity index is 152. The molecule has 1 heterocycles. The van der Waals surface area contributed by atoms with Gasteiger partial charge in [0, 0.05) is 0 Å². The van der Waals surface area contributed by atoms with Crippen LogP contribution in [0.15, 0.2) is 19.8 Å². The Balaban J connectivity index is 2.87. The van der Waals surface area contributed by atoms with Crippen molar-refractivity contribution in [2.45, 2.75) is 16.8 Å². The fourth-order valence-corrected chi connectivity index (χ4v) is 4.68. The van der Waals surface area contributed by atoms with E-state index in [1.54, 1.807) is 3.59 Å². The van der Waals surface area contributed by atoms with Crippen LogP contribution in [0.3, 0.4) is 0 Å². The number of rotatable bonds is 0. The zero-order valence-electron chi connectivity index (χ0n) is 5.73. The third kappa shape index (κ3) is 0.992. The predicted molar refractivity (Wildman–Crippen MR) is 40.4 cm³/mol. The van der Waals surface area contributed by atoms with E-state index in [0.717, 1.165) is 0 Å². The molecule has 0 aromatic heterocycles. The van der Waals surface area contributed by atoms with Crippen LogP contribution >= 0.6 is 0 Å². The van der Waals surface area contributed by atoms with Gasteiger partial charge in [-0.15, -0.1) is 0 Å². The van der Waals surface area contributed by atoms with Crippen molar-refractivity contribution in [1.29, 1.82) is 0 Å². The monoisotopic (exact) mass is 216 g/mol. The summed E-state index contributed by atoms with van der Waals surface area (Å²) in [6, 6.07) is 0. The first-order valence-electron chi connectivity index (χ1n) is 2.99. The molecule has 0 aromatic rings. The molecule has 0 unspecified atom stereocenters. The molecule has 0 amide bonds. The molecule has 1 aliphatic heterocycles. The normalized spacial score (nSPS) is 23.6. The van der Waals surface area contributed by atoms with Crippen molar-refractivity contribution in [3.05, 3.63) is 19.8 Å². The minimum absolute atomic E-state index is 1.63. The Labute approximate surface area is 55.2 Å². The van der Waals surface area contributed by atoms with E-state index in [4.69, 9.17) is 0 Å². The molecule has 44 valence electrons. The average molecular weight is 215 g/mol. The van der Waals surface area contributed by atoms with Crippen molar-refractivity contribution < 1.29 is 0 Å². The molecule has 0 N–H and O–H groups in total. The van der Waals surface area contributed by atoms with Crippen molar-refractivity contribution >= 4 is 18.4 Å². The Hall–Kier alpha value is 0.279. The summed E-state index contributed by atoms with van der Waals surface area (Å²) in [7, 11) is 0. The predicted octanol–water partition coefficient (Wildman–Crippen LogP) is 2.29. The Kier molecular flexibility index (Phi) is 1.52. The quantitative estimate of drug-likeness (QED) is 0.543. The van der Waals surface area contributed by atoms with Gasteiger partial charge >= 0.3 is 55.0 Å². The summed E-state index contributed by atoms with van der Waals surface area (Å²) in [4.78, 5) is 4.87. The summed E-state index contributed by atoms with van der Waals surface area (Å²) < 4.78 is 4.10. The standard InChI is InChI=1S/C5H6.2CH3.Sn/c1-3-5-4-2;;;/h1,3,5H,2H3;2*1H3;. The SMILES string of the molecule is C[C]1=CC=[CH][Sn]1([CH3])[CH3]. The van der Waals surface area contributed by atoms with E-state index in [-0.39, 0.29) is 0 Å². The second kappa shape index (κ2) is 1.90. The first-order valence-corrected chi connectivity index (χ1v) is 11.8. The van der Waals surface area contributed by atoms with Crippen molar-refractivity contribution in [3.63, 3.8) is 0 Å². The molecule has 0 saturated carbocycles. The van der Waals surface area contributed by atoms with Crippen LogP contribution in [0, 0.1) is 0 Å². The average Bonchev–Trinajstić information content (AvgIpc) is 1.86. The van der Waals surface area contributed by atoms with Gasteiger partial charge in [-0.1, -0.05) is 0 Å². The van der Waals surface area contributed by atoms with E-state index in [1.807, 2.05) is 0 Å². The van der Waals surface area contributed by atoms with Crippen LogP contribution < -0.4 is 0 Å². The van der Waals surface area contributed by atoms with E-state index in [0.29, 0.717) is 0 Å². The second-order valence-electron chi connectivity index (χ2n) is 2.93. The van der Waals surface area contributed by atoms with Gasteiger partial charge in [0.1, 0.15) is 0 Å².